The van der Waals surface area contributed by atoms with E-state index in [1.54, 1.807) is 7.11 Å². The molecule has 142 valence electrons. The summed E-state index contributed by atoms with van der Waals surface area (Å²) in [6.45, 7) is 6.00. The molecule has 26 heavy (non-hydrogen) atoms. The number of rotatable bonds is 6. The standard InChI is InChI=1S/C20H29N3O3/c1-3-21-18(24)15-22-11-6-12-23(14-13-22)19(25)20(9-10-20)16-7-4-5-8-17(16)26-2/h4-5,7-8H,3,6,9-15H2,1-2H3,(H,21,24). The summed E-state index contributed by atoms with van der Waals surface area (Å²) >= 11 is 0. The Bertz CT molecular complexity index is 657. The third-order valence-electron chi connectivity index (χ3n) is 5.40. The minimum atomic E-state index is -0.415. The molecule has 0 bridgehead atoms. The number of ether oxygens (including phenoxy) is 1. The predicted molar refractivity (Wildman–Crippen MR) is 100 cm³/mol. The quantitative estimate of drug-likeness (QED) is 0.834. The normalized spacial score (nSPS) is 19.5. The highest BCUT2D eigenvalue weighted by Gasteiger charge is 2.54. The molecule has 0 atom stereocenters. The molecule has 1 saturated heterocycles. The molecule has 1 heterocycles. The molecule has 1 aliphatic heterocycles. The molecule has 1 N–H and O–H groups in total. The molecule has 0 aromatic heterocycles. The number of hydrogen-bond acceptors (Lipinski definition) is 4. The van der Waals surface area contributed by atoms with Crippen LogP contribution < -0.4 is 10.1 Å². The van der Waals surface area contributed by atoms with Crippen LogP contribution in [0.15, 0.2) is 24.3 Å². The van der Waals surface area contributed by atoms with Crippen LogP contribution in [-0.4, -0.2) is 68.0 Å². The lowest BCUT2D eigenvalue weighted by molar-refractivity contribution is -0.133. The van der Waals surface area contributed by atoms with Gasteiger partial charge in [-0.25, -0.2) is 0 Å². The largest absolute Gasteiger partial charge is 0.496 e. The van der Waals surface area contributed by atoms with E-state index in [4.69, 9.17) is 4.74 Å². The fourth-order valence-electron chi connectivity index (χ4n) is 3.85. The minimum absolute atomic E-state index is 0.0555. The number of hydrogen-bond donors (Lipinski definition) is 1. The van der Waals surface area contributed by atoms with Crippen LogP contribution in [-0.2, 0) is 15.0 Å². The van der Waals surface area contributed by atoms with Gasteiger partial charge in [0.05, 0.1) is 19.1 Å². The lowest BCUT2D eigenvalue weighted by Gasteiger charge is -2.27. The second-order valence-corrected chi connectivity index (χ2v) is 7.16. The number of carbonyl (C=O) groups excluding carboxylic acids is 2. The van der Waals surface area contributed by atoms with Crippen molar-refractivity contribution in [3.63, 3.8) is 0 Å². The highest BCUT2D eigenvalue weighted by molar-refractivity contribution is 5.92. The van der Waals surface area contributed by atoms with E-state index in [0.717, 1.165) is 50.2 Å². The molecule has 1 aromatic carbocycles. The van der Waals surface area contributed by atoms with Crippen molar-refractivity contribution in [3.8, 4) is 5.75 Å². The van der Waals surface area contributed by atoms with Gasteiger partial charge >= 0.3 is 0 Å². The maximum atomic E-state index is 13.3. The minimum Gasteiger partial charge on any atom is -0.496 e. The van der Waals surface area contributed by atoms with Crippen molar-refractivity contribution in [1.29, 1.82) is 0 Å². The fourth-order valence-corrected chi connectivity index (χ4v) is 3.85. The summed E-state index contributed by atoms with van der Waals surface area (Å²) in [7, 11) is 1.66. The molecule has 1 aliphatic carbocycles. The Hall–Kier alpha value is -2.08. The summed E-state index contributed by atoms with van der Waals surface area (Å²) in [5.74, 6) is 1.06. The summed E-state index contributed by atoms with van der Waals surface area (Å²) in [5, 5.41) is 2.84. The van der Waals surface area contributed by atoms with Gasteiger partial charge in [0.2, 0.25) is 11.8 Å². The van der Waals surface area contributed by atoms with Crippen LogP contribution in [0.1, 0.15) is 31.7 Å². The zero-order chi connectivity index (χ0) is 18.6. The SMILES string of the molecule is CCNC(=O)CN1CCCN(C(=O)C2(c3ccccc3OC)CC2)CC1. The second kappa shape index (κ2) is 8.08. The molecule has 2 amide bonds. The zero-order valence-corrected chi connectivity index (χ0v) is 15.8. The molecule has 2 fully saturated rings. The summed E-state index contributed by atoms with van der Waals surface area (Å²) in [6.07, 6.45) is 2.66. The molecular formula is C20H29N3O3. The number of likely N-dealkylation sites (N-methyl/N-ethyl adjacent to an activating group) is 1. The van der Waals surface area contributed by atoms with E-state index in [1.165, 1.54) is 0 Å². The monoisotopic (exact) mass is 359 g/mol. The highest BCUT2D eigenvalue weighted by atomic mass is 16.5. The van der Waals surface area contributed by atoms with E-state index < -0.39 is 5.41 Å². The van der Waals surface area contributed by atoms with Gasteiger partial charge in [-0.05, 0) is 32.3 Å². The van der Waals surface area contributed by atoms with Gasteiger partial charge in [-0.2, -0.15) is 0 Å². The summed E-state index contributed by atoms with van der Waals surface area (Å²) in [4.78, 5) is 29.2. The smallest absolute Gasteiger partial charge is 0.234 e. The molecule has 0 spiro atoms. The highest BCUT2D eigenvalue weighted by Crippen LogP contribution is 2.52. The first-order valence-electron chi connectivity index (χ1n) is 9.52. The van der Waals surface area contributed by atoms with E-state index in [2.05, 4.69) is 10.2 Å². The fraction of sp³-hybridized carbons (Fsp3) is 0.600. The molecule has 1 saturated carbocycles. The molecule has 1 aromatic rings. The number of nitrogens with zero attached hydrogens (tertiary/aromatic N) is 2. The second-order valence-electron chi connectivity index (χ2n) is 7.16. The van der Waals surface area contributed by atoms with Gasteiger partial charge in [-0.1, -0.05) is 18.2 Å². The Kier molecular flexibility index (Phi) is 5.81. The van der Waals surface area contributed by atoms with E-state index >= 15 is 0 Å². The van der Waals surface area contributed by atoms with Crippen molar-refractivity contribution < 1.29 is 14.3 Å². The average Bonchev–Trinajstić information content (AvgIpc) is 3.47. The van der Waals surface area contributed by atoms with Crippen LogP contribution in [0.3, 0.4) is 0 Å². The average molecular weight is 359 g/mol. The lowest BCUT2D eigenvalue weighted by Crippen LogP contribution is -2.43. The van der Waals surface area contributed by atoms with Crippen molar-refractivity contribution >= 4 is 11.8 Å². The Morgan fingerprint density at radius 1 is 1.15 bits per heavy atom. The van der Waals surface area contributed by atoms with Crippen molar-refractivity contribution in [2.24, 2.45) is 0 Å². The van der Waals surface area contributed by atoms with Crippen LogP contribution in [0.25, 0.3) is 0 Å². The molecule has 6 heteroatoms. The van der Waals surface area contributed by atoms with Gasteiger partial charge in [-0.3, -0.25) is 14.5 Å². The van der Waals surface area contributed by atoms with Gasteiger partial charge < -0.3 is 15.0 Å². The topological polar surface area (TPSA) is 61.9 Å². The van der Waals surface area contributed by atoms with E-state index in [9.17, 15) is 9.59 Å². The predicted octanol–water partition coefficient (Wildman–Crippen LogP) is 1.40. The van der Waals surface area contributed by atoms with Gasteiger partial charge in [0, 0.05) is 38.3 Å². The Morgan fingerprint density at radius 3 is 2.62 bits per heavy atom. The first-order valence-corrected chi connectivity index (χ1v) is 9.52. The maximum absolute atomic E-state index is 13.3. The van der Waals surface area contributed by atoms with Crippen LogP contribution >= 0.6 is 0 Å². The number of carbonyl (C=O) groups is 2. The van der Waals surface area contributed by atoms with Gasteiger partial charge in [0.1, 0.15) is 5.75 Å². The molecular weight excluding hydrogens is 330 g/mol. The molecule has 0 radical (unpaired) electrons. The number of benzene rings is 1. The third kappa shape index (κ3) is 3.85. The number of nitrogens with one attached hydrogen (secondary N) is 1. The molecule has 3 rings (SSSR count). The number of para-hydroxylation sites is 1. The Balaban J connectivity index is 1.66. The third-order valence-corrected chi connectivity index (χ3v) is 5.40. The zero-order valence-electron chi connectivity index (χ0n) is 15.8. The number of amides is 2. The van der Waals surface area contributed by atoms with Gasteiger partial charge in [0.25, 0.3) is 0 Å². The van der Waals surface area contributed by atoms with Crippen LogP contribution in [0.4, 0.5) is 0 Å². The first kappa shape index (κ1) is 18.7. The van der Waals surface area contributed by atoms with Crippen LogP contribution in [0, 0.1) is 0 Å². The van der Waals surface area contributed by atoms with Crippen molar-refractivity contribution in [2.45, 2.75) is 31.6 Å². The molecule has 0 unspecified atom stereocenters. The van der Waals surface area contributed by atoms with E-state index in [-0.39, 0.29) is 11.8 Å². The Morgan fingerprint density at radius 2 is 1.92 bits per heavy atom. The molecule has 2 aliphatic rings. The first-order chi connectivity index (χ1) is 12.6. The molecule has 6 nitrogen and oxygen atoms in total. The summed E-state index contributed by atoms with van der Waals surface area (Å²) in [5.41, 5.74) is 0.595. The number of methoxy groups -OCH3 is 1. The van der Waals surface area contributed by atoms with E-state index in [0.29, 0.717) is 19.6 Å². The summed E-state index contributed by atoms with van der Waals surface area (Å²) in [6, 6.07) is 7.86. The van der Waals surface area contributed by atoms with E-state index in [1.807, 2.05) is 36.1 Å². The lowest BCUT2D eigenvalue weighted by atomic mass is 9.93. The maximum Gasteiger partial charge on any atom is 0.234 e. The Labute approximate surface area is 155 Å². The van der Waals surface area contributed by atoms with Crippen molar-refractivity contribution in [2.75, 3.05) is 46.4 Å². The van der Waals surface area contributed by atoms with Crippen LogP contribution in [0.2, 0.25) is 0 Å². The summed E-state index contributed by atoms with van der Waals surface area (Å²) < 4.78 is 5.49. The van der Waals surface area contributed by atoms with Gasteiger partial charge in [0.15, 0.2) is 0 Å². The van der Waals surface area contributed by atoms with Gasteiger partial charge in [-0.15, -0.1) is 0 Å². The van der Waals surface area contributed by atoms with Crippen molar-refractivity contribution in [1.82, 2.24) is 15.1 Å². The van der Waals surface area contributed by atoms with Crippen LogP contribution in [0.5, 0.6) is 5.75 Å². The van der Waals surface area contributed by atoms with Crippen molar-refractivity contribution in [3.05, 3.63) is 29.8 Å².